The average Bonchev–Trinajstić information content (AvgIpc) is 3.90. The monoisotopic (exact) mass is 742 g/mol. The van der Waals surface area contributed by atoms with E-state index in [-0.39, 0.29) is 25.3 Å². The van der Waals surface area contributed by atoms with Gasteiger partial charge in [0.05, 0.1) is 19.3 Å². The number of pyridine rings is 1. The Bertz CT molecular complexity index is 1870. The summed E-state index contributed by atoms with van der Waals surface area (Å²) in [5.41, 5.74) is -3.90. The zero-order chi connectivity index (χ0) is 38.4. The predicted molar refractivity (Wildman–Crippen MR) is 192 cm³/mol. The summed E-state index contributed by atoms with van der Waals surface area (Å²) < 4.78 is 44.3. The first-order chi connectivity index (χ1) is 24.1. The van der Waals surface area contributed by atoms with Gasteiger partial charge in [-0.1, -0.05) is 26.8 Å². The van der Waals surface area contributed by atoms with Gasteiger partial charge in [0.2, 0.25) is 17.7 Å². The molecule has 2 aromatic rings. The van der Waals surface area contributed by atoms with E-state index in [1.807, 2.05) is 31.6 Å². The number of methoxy groups -OCH3 is 1. The molecular formula is C36H50N6O9S. The molecule has 2 aliphatic carbocycles. The number of rotatable bonds is 12. The Morgan fingerprint density at radius 3 is 2.37 bits per heavy atom. The van der Waals surface area contributed by atoms with Crippen LogP contribution in [0.2, 0.25) is 0 Å². The second kappa shape index (κ2) is 13.8. The third-order valence-electron chi connectivity index (χ3n) is 9.47. The smallest absolute Gasteiger partial charge is 0.362 e. The Morgan fingerprint density at radius 2 is 1.79 bits per heavy atom. The van der Waals surface area contributed by atoms with E-state index in [0.717, 1.165) is 5.39 Å². The second-order valence-corrected chi connectivity index (χ2v) is 17.5. The van der Waals surface area contributed by atoms with Crippen molar-refractivity contribution < 1.29 is 41.3 Å². The van der Waals surface area contributed by atoms with Crippen LogP contribution in [-0.2, 0) is 28.9 Å². The number of aromatic nitrogens is 1. The largest absolute Gasteiger partial charge is 0.497 e. The van der Waals surface area contributed by atoms with Gasteiger partial charge in [0, 0.05) is 29.5 Å². The molecule has 3 aliphatic rings. The molecule has 1 saturated heterocycles. The van der Waals surface area contributed by atoms with Gasteiger partial charge in [0.1, 0.15) is 29.5 Å². The molecule has 1 aliphatic heterocycles. The summed E-state index contributed by atoms with van der Waals surface area (Å²) in [6.07, 6.45) is 3.47. The fourth-order valence-corrected chi connectivity index (χ4v) is 7.44. The SMILES string of the molecule is C=CC1CC1(NC(=O)[C@@H]1C[C@@H](Oc2nccc3cc(OC)ccc23)CN1C(=O)[C@@H](NC(=O)NC(C)(C)C)C(C)(C)C)C(=O)NS(=O)(=O)OC1(C)CC1. The summed E-state index contributed by atoms with van der Waals surface area (Å²) >= 11 is 0. The molecular weight excluding hydrogens is 692 g/mol. The molecule has 5 rings (SSSR count). The zero-order valence-corrected chi connectivity index (χ0v) is 31.8. The number of likely N-dealkylation sites (tertiary alicyclic amines) is 1. The first-order valence-electron chi connectivity index (χ1n) is 17.3. The van der Waals surface area contributed by atoms with Gasteiger partial charge in [0.15, 0.2) is 0 Å². The van der Waals surface area contributed by atoms with E-state index in [1.54, 1.807) is 59.2 Å². The molecule has 2 heterocycles. The number of amides is 5. The Morgan fingerprint density at radius 1 is 1.10 bits per heavy atom. The summed E-state index contributed by atoms with van der Waals surface area (Å²) in [5.74, 6) is -1.86. The molecule has 0 radical (unpaired) electrons. The minimum absolute atomic E-state index is 0.00701. The number of ether oxygens (including phenoxy) is 2. The number of carbonyl (C=O) groups excluding carboxylic acids is 4. The van der Waals surface area contributed by atoms with Crippen molar-refractivity contribution in [3.05, 3.63) is 43.1 Å². The quantitative estimate of drug-likeness (QED) is 0.235. The lowest BCUT2D eigenvalue weighted by Crippen LogP contribution is -2.61. The van der Waals surface area contributed by atoms with Gasteiger partial charge in [0.25, 0.3) is 5.91 Å². The van der Waals surface area contributed by atoms with Crippen molar-refractivity contribution in [2.24, 2.45) is 11.3 Å². The van der Waals surface area contributed by atoms with Crippen LogP contribution in [0.4, 0.5) is 4.79 Å². The number of hydrogen-bond acceptors (Lipinski definition) is 10. The maximum Gasteiger partial charge on any atom is 0.362 e. The Labute approximate surface area is 304 Å². The highest BCUT2D eigenvalue weighted by molar-refractivity contribution is 7.85. The molecule has 0 spiro atoms. The molecule has 1 aromatic heterocycles. The van der Waals surface area contributed by atoms with E-state index in [1.165, 1.54) is 11.0 Å². The van der Waals surface area contributed by atoms with Crippen molar-refractivity contribution in [2.45, 2.75) is 109 Å². The maximum absolute atomic E-state index is 14.5. The summed E-state index contributed by atoms with van der Waals surface area (Å²) in [4.78, 5) is 61.1. The molecule has 15 nitrogen and oxygen atoms in total. The zero-order valence-electron chi connectivity index (χ0n) is 31.0. The van der Waals surface area contributed by atoms with Crippen LogP contribution in [-0.4, -0.2) is 90.6 Å². The van der Waals surface area contributed by atoms with Crippen molar-refractivity contribution in [3.63, 3.8) is 0 Å². The number of nitrogens with zero attached hydrogens (tertiary/aromatic N) is 2. The minimum atomic E-state index is -4.48. The molecule has 4 N–H and O–H groups in total. The van der Waals surface area contributed by atoms with E-state index in [4.69, 9.17) is 13.7 Å². The van der Waals surface area contributed by atoms with E-state index in [0.29, 0.717) is 24.0 Å². The molecule has 284 valence electrons. The third kappa shape index (κ3) is 8.77. The summed E-state index contributed by atoms with van der Waals surface area (Å²) in [5, 5.41) is 9.85. The van der Waals surface area contributed by atoms with Gasteiger partial charge in [-0.25, -0.2) is 18.7 Å². The lowest BCUT2D eigenvalue weighted by atomic mass is 9.85. The second-order valence-electron chi connectivity index (χ2n) is 16.3. The highest BCUT2D eigenvalue weighted by Crippen LogP contribution is 2.46. The maximum atomic E-state index is 14.5. The molecule has 1 aromatic carbocycles. The molecule has 2 unspecified atom stereocenters. The predicted octanol–water partition coefficient (Wildman–Crippen LogP) is 3.10. The van der Waals surface area contributed by atoms with Gasteiger partial charge in [-0.05, 0) is 82.0 Å². The molecule has 2 saturated carbocycles. The molecule has 52 heavy (non-hydrogen) atoms. The molecule has 0 bridgehead atoms. The van der Waals surface area contributed by atoms with Gasteiger partial charge < -0.3 is 30.3 Å². The fourth-order valence-electron chi connectivity index (χ4n) is 6.29. The molecule has 5 atom stereocenters. The van der Waals surface area contributed by atoms with Crippen LogP contribution in [0.1, 0.15) is 74.1 Å². The Hall–Kier alpha value is -4.44. The number of carbonyl (C=O) groups is 4. The van der Waals surface area contributed by atoms with Crippen molar-refractivity contribution in [2.75, 3.05) is 13.7 Å². The Balaban J connectivity index is 1.43. The third-order valence-corrected chi connectivity index (χ3v) is 10.5. The van der Waals surface area contributed by atoms with Crippen molar-refractivity contribution in [1.82, 2.24) is 30.6 Å². The highest BCUT2D eigenvalue weighted by atomic mass is 32.2. The topological polar surface area (TPSA) is 194 Å². The van der Waals surface area contributed by atoms with Crippen LogP contribution in [0.5, 0.6) is 11.6 Å². The number of benzene rings is 1. The first-order valence-corrected chi connectivity index (χ1v) is 18.7. The van der Waals surface area contributed by atoms with Crippen LogP contribution in [0.15, 0.2) is 43.1 Å². The van der Waals surface area contributed by atoms with Gasteiger partial charge in [-0.15, -0.1) is 6.58 Å². The fraction of sp³-hybridized carbons (Fsp3) is 0.583. The minimum Gasteiger partial charge on any atom is -0.497 e. The van der Waals surface area contributed by atoms with Crippen molar-refractivity contribution >= 4 is 44.8 Å². The van der Waals surface area contributed by atoms with Crippen LogP contribution >= 0.6 is 0 Å². The number of urea groups is 1. The molecule has 5 amide bonds. The van der Waals surface area contributed by atoms with Crippen LogP contribution in [0.3, 0.4) is 0 Å². The number of hydrogen-bond donors (Lipinski definition) is 4. The van der Waals surface area contributed by atoms with Crippen LogP contribution < -0.4 is 30.1 Å². The first kappa shape index (κ1) is 38.8. The standard InChI is InChI=1S/C36H50N6O9S/c1-10-22-19-36(22,31(45)41-52(47,48)51-35(8)14-15-35)39-28(43)26-18-24(50-29-25-12-11-23(49-9)17-21(25)13-16-37-29)20-42(26)30(44)27(33(2,3)4)38-32(46)40-34(5,6)7/h10-13,16-17,22,24,26-27H,1,14-15,18-20H2,2-9H3,(H,39,43)(H,41,45)(H2,38,40,46)/t22?,24-,26+,27-,36?/m1/s1. The number of fused-ring (bicyclic) bond motifs is 1. The average molecular weight is 743 g/mol. The lowest BCUT2D eigenvalue weighted by molar-refractivity contribution is -0.142. The van der Waals surface area contributed by atoms with Gasteiger partial charge in [-0.2, -0.15) is 8.42 Å². The van der Waals surface area contributed by atoms with Crippen LogP contribution in [0, 0.1) is 11.3 Å². The number of nitrogens with one attached hydrogen (secondary N) is 4. The summed E-state index contributed by atoms with van der Waals surface area (Å²) in [7, 11) is -2.91. The summed E-state index contributed by atoms with van der Waals surface area (Å²) in [6.45, 7) is 16.1. The van der Waals surface area contributed by atoms with E-state index >= 15 is 0 Å². The van der Waals surface area contributed by atoms with E-state index in [9.17, 15) is 27.6 Å². The van der Waals surface area contributed by atoms with Crippen molar-refractivity contribution in [3.8, 4) is 11.6 Å². The van der Waals surface area contributed by atoms with E-state index in [2.05, 4.69) is 27.5 Å². The van der Waals surface area contributed by atoms with E-state index < -0.39 is 80.3 Å². The van der Waals surface area contributed by atoms with Gasteiger partial charge >= 0.3 is 16.3 Å². The van der Waals surface area contributed by atoms with Crippen molar-refractivity contribution in [1.29, 1.82) is 0 Å². The van der Waals surface area contributed by atoms with Crippen LogP contribution in [0.25, 0.3) is 10.8 Å². The Kier molecular flexibility index (Phi) is 10.3. The molecule has 16 heteroatoms. The normalized spacial score (nSPS) is 24.3. The van der Waals surface area contributed by atoms with Gasteiger partial charge in [-0.3, -0.25) is 14.4 Å². The molecule has 3 fully saturated rings. The lowest BCUT2D eigenvalue weighted by Gasteiger charge is -2.36. The highest BCUT2D eigenvalue weighted by Gasteiger charge is 2.62. The summed E-state index contributed by atoms with van der Waals surface area (Å²) in [6, 6.07) is 4.41.